The van der Waals surface area contributed by atoms with Gasteiger partial charge in [-0.3, -0.25) is 4.79 Å². The Hall–Kier alpha value is -1.61. The van der Waals surface area contributed by atoms with Crippen LogP contribution in [0, 0.1) is 6.92 Å². The number of benzene rings is 2. The van der Waals surface area contributed by atoms with Crippen LogP contribution < -0.4 is 5.73 Å². The van der Waals surface area contributed by atoms with Gasteiger partial charge in [-0.15, -0.1) is 0 Å². The first-order valence-corrected chi connectivity index (χ1v) is 6.03. The Bertz CT molecular complexity index is 561. The van der Waals surface area contributed by atoms with Crippen molar-refractivity contribution in [1.82, 2.24) is 0 Å². The Morgan fingerprint density at radius 1 is 1.12 bits per heavy atom. The van der Waals surface area contributed by atoms with Crippen molar-refractivity contribution in [3.63, 3.8) is 0 Å². The molecule has 0 aromatic heterocycles. The van der Waals surface area contributed by atoms with Crippen molar-refractivity contribution in [2.24, 2.45) is 0 Å². The molecule has 3 heteroatoms. The van der Waals surface area contributed by atoms with Crippen LogP contribution in [0.3, 0.4) is 0 Å². The predicted octanol–water partition coefficient (Wildman–Crippen LogP) is 3.57. The zero-order chi connectivity index (χ0) is 12.4. The second kappa shape index (κ2) is 4.72. The first kappa shape index (κ1) is 11.9. The van der Waals surface area contributed by atoms with Gasteiger partial charge in [0.25, 0.3) is 0 Å². The lowest BCUT2D eigenvalue weighted by molar-refractivity contribution is 0.103. The van der Waals surface area contributed by atoms with Crippen LogP contribution in [0.2, 0.25) is 0 Å². The topological polar surface area (TPSA) is 43.1 Å². The van der Waals surface area contributed by atoms with Crippen molar-refractivity contribution in [3.8, 4) is 0 Å². The van der Waals surface area contributed by atoms with Gasteiger partial charge in [-0.25, -0.2) is 0 Å². The van der Waals surface area contributed by atoms with Gasteiger partial charge in [0.2, 0.25) is 0 Å². The molecule has 0 aliphatic heterocycles. The van der Waals surface area contributed by atoms with Gasteiger partial charge in [-0.1, -0.05) is 27.6 Å². The molecule has 17 heavy (non-hydrogen) atoms. The van der Waals surface area contributed by atoms with Crippen LogP contribution in [0.5, 0.6) is 0 Å². The minimum atomic E-state index is 0.000532. The molecule has 0 bridgehead atoms. The molecular formula is C14H12BrNO. The van der Waals surface area contributed by atoms with Crippen LogP contribution in [0.4, 0.5) is 5.69 Å². The lowest BCUT2D eigenvalue weighted by atomic mass is 10.0. The van der Waals surface area contributed by atoms with E-state index in [1.807, 2.05) is 25.1 Å². The highest BCUT2D eigenvalue weighted by molar-refractivity contribution is 9.10. The largest absolute Gasteiger partial charge is 0.399 e. The summed E-state index contributed by atoms with van der Waals surface area (Å²) in [6.07, 6.45) is 0. The number of carbonyl (C=O) groups excluding carboxylic acids is 1. The molecule has 0 amide bonds. The van der Waals surface area contributed by atoms with Gasteiger partial charge in [0.15, 0.2) is 5.78 Å². The standard InChI is InChI=1S/C14H12BrNO/c1-9-2-7-13(15)12(8-9)14(17)10-3-5-11(16)6-4-10/h2-8H,16H2,1H3. The fraction of sp³-hybridized carbons (Fsp3) is 0.0714. The van der Waals surface area contributed by atoms with Crippen LogP contribution >= 0.6 is 15.9 Å². The molecule has 0 unspecified atom stereocenters. The molecule has 0 aliphatic carbocycles. The van der Waals surface area contributed by atoms with E-state index in [4.69, 9.17) is 5.73 Å². The minimum Gasteiger partial charge on any atom is -0.399 e. The monoisotopic (exact) mass is 289 g/mol. The van der Waals surface area contributed by atoms with E-state index in [0.29, 0.717) is 16.8 Å². The quantitative estimate of drug-likeness (QED) is 0.678. The summed E-state index contributed by atoms with van der Waals surface area (Å²) in [5, 5.41) is 0. The second-order valence-electron chi connectivity index (χ2n) is 3.93. The SMILES string of the molecule is Cc1ccc(Br)c(C(=O)c2ccc(N)cc2)c1. The number of halogens is 1. The van der Waals surface area contributed by atoms with E-state index < -0.39 is 0 Å². The maximum Gasteiger partial charge on any atom is 0.194 e. The number of hydrogen-bond acceptors (Lipinski definition) is 2. The molecule has 2 rings (SSSR count). The fourth-order valence-corrected chi connectivity index (χ4v) is 2.03. The number of aryl methyl sites for hydroxylation is 1. The molecule has 2 aromatic rings. The van der Waals surface area contributed by atoms with E-state index in [0.717, 1.165) is 10.0 Å². The van der Waals surface area contributed by atoms with Crippen LogP contribution in [-0.2, 0) is 0 Å². The van der Waals surface area contributed by atoms with E-state index in [1.165, 1.54) is 0 Å². The third-order valence-electron chi connectivity index (χ3n) is 2.54. The van der Waals surface area contributed by atoms with E-state index in [2.05, 4.69) is 15.9 Å². The summed E-state index contributed by atoms with van der Waals surface area (Å²) >= 11 is 3.40. The average Bonchev–Trinajstić information content (AvgIpc) is 2.32. The number of ketones is 1. The van der Waals surface area contributed by atoms with Crippen LogP contribution in [0.25, 0.3) is 0 Å². The molecule has 0 saturated carbocycles. The molecule has 2 N–H and O–H groups in total. The molecule has 2 nitrogen and oxygen atoms in total. The summed E-state index contributed by atoms with van der Waals surface area (Å²) in [7, 11) is 0. The normalized spacial score (nSPS) is 10.2. The highest BCUT2D eigenvalue weighted by atomic mass is 79.9. The number of anilines is 1. The van der Waals surface area contributed by atoms with Gasteiger partial charge >= 0.3 is 0 Å². The summed E-state index contributed by atoms with van der Waals surface area (Å²) in [5.41, 5.74) is 8.64. The Kier molecular flexibility index (Phi) is 3.29. The van der Waals surface area contributed by atoms with Gasteiger partial charge < -0.3 is 5.73 Å². The molecule has 0 fully saturated rings. The molecule has 0 saturated heterocycles. The molecular weight excluding hydrogens is 278 g/mol. The number of carbonyl (C=O) groups is 1. The molecule has 0 atom stereocenters. The molecule has 0 aliphatic rings. The van der Waals surface area contributed by atoms with E-state index >= 15 is 0 Å². The smallest absolute Gasteiger partial charge is 0.194 e. The highest BCUT2D eigenvalue weighted by Gasteiger charge is 2.12. The zero-order valence-electron chi connectivity index (χ0n) is 9.41. The fourth-order valence-electron chi connectivity index (χ4n) is 1.60. The van der Waals surface area contributed by atoms with E-state index in [-0.39, 0.29) is 5.78 Å². The molecule has 0 spiro atoms. The number of rotatable bonds is 2. The number of nitrogens with two attached hydrogens (primary N) is 1. The highest BCUT2D eigenvalue weighted by Crippen LogP contribution is 2.21. The Morgan fingerprint density at radius 3 is 2.41 bits per heavy atom. The molecule has 86 valence electrons. The zero-order valence-corrected chi connectivity index (χ0v) is 11.0. The summed E-state index contributed by atoms with van der Waals surface area (Å²) < 4.78 is 0.810. The lowest BCUT2D eigenvalue weighted by Gasteiger charge is -2.05. The van der Waals surface area contributed by atoms with E-state index in [1.54, 1.807) is 24.3 Å². The van der Waals surface area contributed by atoms with Crippen molar-refractivity contribution in [1.29, 1.82) is 0 Å². The third-order valence-corrected chi connectivity index (χ3v) is 3.23. The van der Waals surface area contributed by atoms with Crippen molar-refractivity contribution in [2.45, 2.75) is 6.92 Å². The summed E-state index contributed by atoms with van der Waals surface area (Å²) in [6, 6.07) is 12.7. The summed E-state index contributed by atoms with van der Waals surface area (Å²) in [6.45, 7) is 1.96. The van der Waals surface area contributed by atoms with Crippen LogP contribution in [0.15, 0.2) is 46.9 Å². The van der Waals surface area contributed by atoms with Gasteiger partial charge in [0.1, 0.15) is 0 Å². The first-order chi connectivity index (χ1) is 8.08. The third kappa shape index (κ3) is 2.56. The predicted molar refractivity (Wildman–Crippen MR) is 73.2 cm³/mol. The summed E-state index contributed by atoms with van der Waals surface area (Å²) in [4.78, 5) is 12.3. The van der Waals surface area contributed by atoms with Crippen molar-refractivity contribution in [2.75, 3.05) is 5.73 Å². The lowest BCUT2D eigenvalue weighted by Crippen LogP contribution is -2.03. The maximum atomic E-state index is 12.3. The summed E-state index contributed by atoms with van der Waals surface area (Å²) in [5.74, 6) is 0.000532. The maximum absolute atomic E-state index is 12.3. The van der Waals surface area contributed by atoms with Crippen molar-refractivity contribution >= 4 is 27.4 Å². The number of hydrogen-bond donors (Lipinski definition) is 1. The molecule has 0 radical (unpaired) electrons. The second-order valence-corrected chi connectivity index (χ2v) is 4.79. The van der Waals surface area contributed by atoms with Crippen molar-refractivity contribution in [3.05, 3.63) is 63.6 Å². The number of nitrogen functional groups attached to an aromatic ring is 1. The average molecular weight is 290 g/mol. The van der Waals surface area contributed by atoms with Gasteiger partial charge in [-0.05, 0) is 43.3 Å². The molecule has 0 heterocycles. The van der Waals surface area contributed by atoms with Gasteiger partial charge in [-0.2, -0.15) is 0 Å². The van der Waals surface area contributed by atoms with E-state index in [9.17, 15) is 4.79 Å². The van der Waals surface area contributed by atoms with Crippen LogP contribution in [-0.4, -0.2) is 5.78 Å². The van der Waals surface area contributed by atoms with Crippen molar-refractivity contribution < 1.29 is 4.79 Å². The Morgan fingerprint density at radius 2 is 1.76 bits per heavy atom. The van der Waals surface area contributed by atoms with Gasteiger partial charge in [0, 0.05) is 21.3 Å². The Labute approximate surface area is 109 Å². The Balaban J connectivity index is 2.43. The first-order valence-electron chi connectivity index (χ1n) is 5.24. The van der Waals surface area contributed by atoms with Gasteiger partial charge in [0.05, 0.1) is 0 Å². The van der Waals surface area contributed by atoms with Crippen LogP contribution in [0.1, 0.15) is 21.5 Å². The minimum absolute atomic E-state index is 0.000532. The molecule has 2 aromatic carbocycles.